The molecule has 2 saturated heterocycles. The minimum Gasteiger partial charge on any atom is -0.387 e. The van der Waals surface area contributed by atoms with E-state index in [-0.39, 0.29) is 47.4 Å². The van der Waals surface area contributed by atoms with Crippen LogP contribution in [0.1, 0.15) is 12.5 Å². The van der Waals surface area contributed by atoms with Crippen LogP contribution in [0.15, 0.2) is 22.2 Å². The molecule has 4 aromatic rings. The van der Waals surface area contributed by atoms with E-state index in [1.165, 1.54) is 30.9 Å². The van der Waals surface area contributed by atoms with Crippen LogP contribution in [0.25, 0.3) is 22.3 Å². The lowest BCUT2D eigenvalue weighted by molar-refractivity contribution is -0.746. The number of nitrogen functional groups attached to an aromatic ring is 2. The number of rotatable bonds is 16. The number of H-pyrrole nitrogens is 2. The Kier molecular flexibility index (Phi) is 11.9. The summed E-state index contributed by atoms with van der Waals surface area (Å²) in [6.07, 6.45) is -8.66. The van der Waals surface area contributed by atoms with Crippen molar-refractivity contribution in [1.29, 1.82) is 0 Å². The molecule has 55 heavy (non-hydrogen) atoms. The van der Waals surface area contributed by atoms with Crippen molar-refractivity contribution in [3.8, 4) is 0 Å². The molecule has 29 heteroatoms. The molecule has 2 aliphatic heterocycles. The minimum atomic E-state index is -4.73. The summed E-state index contributed by atoms with van der Waals surface area (Å²) in [6, 6.07) is 0. The lowest BCUT2D eigenvalue weighted by Gasteiger charge is -2.17. The maximum Gasteiger partial charge on any atom is 0.472 e. The Hall–Kier alpha value is -3.76. The number of nitrogens with zero attached hydrogens (tertiary/aromatic N) is 6. The van der Waals surface area contributed by atoms with Crippen molar-refractivity contribution in [2.45, 2.75) is 49.1 Å². The Balaban J connectivity index is 0.898. The van der Waals surface area contributed by atoms with E-state index in [4.69, 9.17) is 43.8 Å². The maximum atomic E-state index is 12.4. The van der Waals surface area contributed by atoms with E-state index in [2.05, 4.69) is 19.9 Å². The summed E-state index contributed by atoms with van der Waals surface area (Å²) < 4.78 is 66.2. The summed E-state index contributed by atoms with van der Waals surface area (Å²) in [5.74, 6) is -0.397. The number of hydrogen-bond donors (Lipinski definition) is 10. The van der Waals surface area contributed by atoms with Gasteiger partial charge >= 0.3 is 26.9 Å². The number of phosphoric acid groups is 2. The highest BCUT2D eigenvalue weighted by Gasteiger charge is 2.49. The Morgan fingerprint density at radius 2 is 1.09 bits per heavy atom. The predicted octanol–water partition coefficient (Wildman–Crippen LogP) is -5.20. The molecule has 2 fully saturated rings. The highest BCUT2D eigenvalue weighted by molar-refractivity contribution is 7.47. The maximum absolute atomic E-state index is 12.4. The van der Waals surface area contributed by atoms with Crippen LogP contribution in [0.5, 0.6) is 0 Å². The number of anilines is 2. The van der Waals surface area contributed by atoms with E-state index in [9.17, 15) is 48.9 Å². The molecule has 12 N–H and O–H groups in total. The van der Waals surface area contributed by atoms with Crippen molar-refractivity contribution < 1.29 is 80.8 Å². The van der Waals surface area contributed by atoms with Gasteiger partial charge in [0, 0.05) is 0 Å². The van der Waals surface area contributed by atoms with Gasteiger partial charge in [0.1, 0.15) is 36.6 Å². The molecule has 304 valence electrons. The number of phosphoric ester groups is 2. The summed E-state index contributed by atoms with van der Waals surface area (Å²) >= 11 is 0. The second-order valence-electron chi connectivity index (χ2n) is 12.4. The van der Waals surface area contributed by atoms with Crippen LogP contribution in [0.2, 0.25) is 0 Å². The fourth-order valence-electron chi connectivity index (χ4n) is 6.04. The van der Waals surface area contributed by atoms with Gasteiger partial charge in [-0.25, -0.2) is 18.3 Å². The molecule has 0 aliphatic carbocycles. The van der Waals surface area contributed by atoms with Gasteiger partial charge in [0.15, 0.2) is 12.7 Å². The van der Waals surface area contributed by atoms with Gasteiger partial charge in [0.25, 0.3) is 23.0 Å². The molecule has 0 bridgehead atoms. The summed E-state index contributed by atoms with van der Waals surface area (Å²) in [7, 11) is -6.39. The van der Waals surface area contributed by atoms with E-state index >= 15 is 0 Å². The summed E-state index contributed by atoms with van der Waals surface area (Å²) in [6.45, 7) is -2.96. The lowest BCUT2D eigenvalue weighted by atomic mass is 10.1. The normalized spacial score (nSPS) is 27.9. The molecular weight excluding hydrogens is 786 g/mol. The van der Waals surface area contributed by atoms with Crippen LogP contribution < -0.4 is 31.7 Å². The smallest absolute Gasteiger partial charge is 0.387 e. The number of ether oxygens (including phenoxy) is 3. The molecule has 0 radical (unpaired) electrons. The first-order chi connectivity index (χ1) is 25.9. The molecule has 6 rings (SSSR count). The average Bonchev–Trinajstić information content (AvgIpc) is 3.79. The van der Waals surface area contributed by atoms with Crippen LogP contribution >= 0.6 is 15.6 Å². The number of hydrogen-bond acceptors (Lipinski definition) is 19. The number of nitrogens with one attached hydrogen (secondary N) is 2. The molecule has 0 spiro atoms. The molecule has 6 heterocycles. The first-order valence-corrected chi connectivity index (χ1v) is 19.2. The van der Waals surface area contributed by atoms with Gasteiger partial charge in [-0.15, -0.1) is 0 Å². The number of aryl methyl sites for hydroxylation is 2. The van der Waals surface area contributed by atoms with E-state index in [0.29, 0.717) is 0 Å². The molecule has 10 unspecified atom stereocenters. The number of aliphatic hydroxyl groups is 4. The third-order valence-electron chi connectivity index (χ3n) is 8.57. The third-order valence-corrected chi connectivity index (χ3v) is 10.5. The number of aliphatic hydroxyl groups excluding tert-OH is 4. The van der Waals surface area contributed by atoms with Crippen molar-refractivity contribution in [3.63, 3.8) is 0 Å². The lowest BCUT2D eigenvalue weighted by Crippen LogP contribution is -2.46. The number of fused-ring (bicyclic) bond motifs is 2. The molecular formula is C26H40N10O17P2+2. The number of aromatic nitrogens is 8. The van der Waals surface area contributed by atoms with Gasteiger partial charge in [0.2, 0.25) is 23.5 Å². The largest absolute Gasteiger partial charge is 0.472 e. The van der Waals surface area contributed by atoms with Gasteiger partial charge in [-0.3, -0.25) is 46.8 Å². The van der Waals surface area contributed by atoms with Gasteiger partial charge in [-0.2, -0.15) is 0 Å². The number of imidazole rings is 2. The third kappa shape index (κ3) is 8.65. The van der Waals surface area contributed by atoms with Crippen LogP contribution in [-0.4, -0.2) is 136 Å². The fraction of sp³-hybridized carbons (Fsp3) is 0.615. The van der Waals surface area contributed by atoms with Crippen molar-refractivity contribution >= 4 is 49.9 Å². The Morgan fingerprint density at radius 3 is 1.47 bits per heavy atom. The SMILES string of the molecule is Cn1c[n+](C2OC(COP(=O)(O)OCCOCCOP(=O)(O)OCC3OC([n+]4cn(C)c5c(=O)[nH]c(N)nc54)C(O)C3O)C(O)C2O)c2nc(N)[nH]c(=O)c21. The fourth-order valence-corrected chi connectivity index (χ4v) is 7.47. The first-order valence-electron chi connectivity index (χ1n) is 16.2. The van der Waals surface area contributed by atoms with Crippen LogP contribution in [0.3, 0.4) is 0 Å². The zero-order chi connectivity index (χ0) is 40.0. The standard InChI is InChI=1S/C26H38N10O17P2/c1-33-9-35(19-13(33)21(41)31-25(27)29-19)23-17(39)15(37)11(52-23)7-50-54(43,44)48-5-3-47-4-6-49-55(45,46)51-8-12-16(38)18(40)24(53-12)36-10-34(2)14-20(36)30-26(28)32-22(14)42/h9-12,15-18,23-24,37-40H,3-8H2,1-2H3,(H6-2,27,28,29,30,31,32,41,42,43,44,45,46)/p+2. The Labute approximate surface area is 307 Å². The molecule has 10 atom stereocenters. The molecule has 0 saturated carbocycles. The molecule has 0 amide bonds. The predicted molar refractivity (Wildman–Crippen MR) is 178 cm³/mol. The van der Waals surface area contributed by atoms with Crippen molar-refractivity contribution in [3.05, 3.63) is 33.4 Å². The van der Waals surface area contributed by atoms with E-state index in [0.717, 1.165) is 0 Å². The van der Waals surface area contributed by atoms with Gasteiger partial charge in [0.05, 0.1) is 53.7 Å². The zero-order valence-corrected chi connectivity index (χ0v) is 30.7. The van der Waals surface area contributed by atoms with Crippen LogP contribution in [0.4, 0.5) is 11.9 Å². The average molecular weight is 827 g/mol. The van der Waals surface area contributed by atoms with E-state index < -0.39 is 102 Å². The van der Waals surface area contributed by atoms with Crippen LogP contribution in [-0.2, 0) is 55.5 Å². The monoisotopic (exact) mass is 826 g/mol. The van der Waals surface area contributed by atoms with Crippen molar-refractivity contribution in [1.82, 2.24) is 29.1 Å². The van der Waals surface area contributed by atoms with Crippen LogP contribution in [0, 0.1) is 0 Å². The highest BCUT2D eigenvalue weighted by atomic mass is 31.2. The number of aromatic amines is 2. The van der Waals surface area contributed by atoms with Gasteiger partial charge in [-0.1, -0.05) is 9.97 Å². The molecule has 4 aromatic heterocycles. The van der Waals surface area contributed by atoms with Crippen molar-refractivity contribution in [2.75, 3.05) is 51.1 Å². The Bertz CT molecular complexity index is 2090. The van der Waals surface area contributed by atoms with E-state index in [1.807, 2.05) is 0 Å². The molecule has 27 nitrogen and oxygen atoms in total. The summed E-state index contributed by atoms with van der Waals surface area (Å²) in [5.41, 5.74) is 10.5. The zero-order valence-electron chi connectivity index (χ0n) is 28.9. The Morgan fingerprint density at radius 1 is 0.709 bits per heavy atom. The van der Waals surface area contributed by atoms with E-state index in [1.54, 1.807) is 14.1 Å². The second-order valence-corrected chi connectivity index (χ2v) is 15.3. The molecule has 0 aromatic carbocycles. The second kappa shape index (κ2) is 16.0. The first kappa shape index (κ1) is 40.9. The summed E-state index contributed by atoms with van der Waals surface area (Å²) in [5, 5.41) is 42.3. The summed E-state index contributed by atoms with van der Waals surface area (Å²) in [4.78, 5) is 57.6. The topological polar surface area (TPSA) is 381 Å². The molecule has 2 aliphatic rings. The number of nitrogens with two attached hydrogens (primary N) is 2. The quantitative estimate of drug-likeness (QED) is 0.0287. The highest BCUT2D eigenvalue weighted by Crippen LogP contribution is 2.45. The van der Waals surface area contributed by atoms with Gasteiger partial charge in [-0.05, 0) is 0 Å². The minimum absolute atomic E-state index is 0.0495. The van der Waals surface area contributed by atoms with Crippen molar-refractivity contribution in [2.24, 2.45) is 14.1 Å². The van der Waals surface area contributed by atoms with Gasteiger partial charge < -0.3 is 55.9 Å².